The highest BCUT2D eigenvalue weighted by Crippen LogP contribution is 2.18. The molecule has 0 aromatic heterocycles. The minimum atomic E-state index is 1.05. The van der Waals surface area contributed by atoms with Gasteiger partial charge in [-0.15, -0.1) is 0 Å². The summed E-state index contributed by atoms with van der Waals surface area (Å²) in [7, 11) is 0. The number of hydrogen-bond acceptors (Lipinski definition) is 1. The van der Waals surface area contributed by atoms with Crippen molar-refractivity contribution in [2.24, 2.45) is 0 Å². The topological polar surface area (TPSA) is 12.0 Å². The molecule has 0 aliphatic heterocycles. The molecule has 0 aliphatic rings. The molecule has 0 saturated carbocycles. The van der Waals surface area contributed by atoms with Crippen LogP contribution in [-0.2, 0) is 0 Å². The van der Waals surface area contributed by atoms with Crippen molar-refractivity contribution < 1.29 is 0 Å². The molecule has 20 heavy (non-hydrogen) atoms. The summed E-state index contributed by atoms with van der Waals surface area (Å²) in [6.07, 6.45) is 8.11. The summed E-state index contributed by atoms with van der Waals surface area (Å²) >= 11 is 0. The average Bonchev–Trinajstić information content (AvgIpc) is 2.51. The molecule has 1 heteroatoms. The van der Waals surface area contributed by atoms with E-state index in [-0.39, 0.29) is 0 Å². The number of anilines is 1. The van der Waals surface area contributed by atoms with Crippen LogP contribution in [0.4, 0.5) is 5.69 Å². The molecule has 0 saturated heterocycles. The number of para-hydroxylation sites is 1. The predicted octanol–water partition coefficient (Wildman–Crippen LogP) is 5.46. The lowest BCUT2D eigenvalue weighted by Gasteiger charge is -2.09. The molecule has 104 valence electrons. The summed E-state index contributed by atoms with van der Waals surface area (Å²) in [6, 6.07) is 18.9. The van der Waals surface area contributed by atoms with Crippen molar-refractivity contribution in [3.63, 3.8) is 0 Å². The maximum atomic E-state index is 3.53. The first-order valence-electron chi connectivity index (χ1n) is 7.46. The molecule has 1 N–H and O–H groups in total. The van der Waals surface area contributed by atoms with Crippen LogP contribution >= 0.6 is 0 Å². The molecule has 0 spiro atoms. The van der Waals surface area contributed by atoms with Gasteiger partial charge in [0.05, 0.1) is 0 Å². The molecule has 2 rings (SSSR count). The number of hydrogen-bond donors (Lipinski definition) is 1. The van der Waals surface area contributed by atoms with E-state index in [2.05, 4.69) is 72.9 Å². The highest BCUT2D eigenvalue weighted by atomic mass is 14.9. The van der Waals surface area contributed by atoms with E-state index in [4.69, 9.17) is 0 Å². The third-order valence-corrected chi connectivity index (χ3v) is 3.31. The van der Waals surface area contributed by atoms with E-state index in [1.54, 1.807) is 0 Å². The van der Waals surface area contributed by atoms with Gasteiger partial charge >= 0.3 is 0 Å². The van der Waals surface area contributed by atoms with E-state index in [9.17, 15) is 0 Å². The smallest absolute Gasteiger partial charge is 0.0413 e. The highest BCUT2D eigenvalue weighted by molar-refractivity contribution is 5.76. The number of unbranched alkanes of at least 4 members (excludes halogenated alkanes) is 2. The zero-order chi connectivity index (χ0) is 14.0. The van der Waals surface area contributed by atoms with Crippen LogP contribution in [0.3, 0.4) is 0 Å². The monoisotopic (exact) mass is 265 g/mol. The Morgan fingerprint density at radius 1 is 0.850 bits per heavy atom. The van der Waals surface area contributed by atoms with Crippen molar-refractivity contribution in [1.82, 2.24) is 0 Å². The molecule has 2 aromatic rings. The van der Waals surface area contributed by atoms with Crippen LogP contribution in [-0.4, -0.2) is 6.54 Å². The molecule has 2 aromatic carbocycles. The lowest BCUT2D eigenvalue weighted by atomic mass is 10.1. The van der Waals surface area contributed by atoms with Gasteiger partial charge in [-0.1, -0.05) is 80.4 Å². The summed E-state index contributed by atoms with van der Waals surface area (Å²) in [5.41, 5.74) is 3.69. The highest BCUT2D eigenvalue weighted by Gasteiger charge is 1.97. The zero-order valence-corrected chi connectivity index (χ0v) is 12.2. The van der Waals surface area contributed by atoms with Crippen molar-refractivity contribution >= 4 is 17.8 Å². The van der Waals surface area contributed by atoms with Gasteiger partial charge < -0.3 is 5.32 Å². The molecule has 1 nitrogen and oxygen atoms in total. The Labute approximate surface area is 122 Å². The van der Waals surface area contributed by atoms with Crippen LogP contribution in [0.25, 0.3) is 12.2 Å². The second kappa shape index (κ2) is 8.21. The first kappa shape index (κ1) is 14.4. The van der Waals surface area contributed by atoms with Crippen molar-refractivity contribution in [1.29, 1.82) is 0 Å². The van der Waals surface area contributed by atoms with E-state index in [0.717, 1.165) is 6.54 Å². The molecule has 0 heterocycles. The van der Waals surface area contributed by atoms with Crippen molar-refractivity contribution in [3.8, 4) is 0 Å². The molecule has 0 atom stereocenters. The Morgan fingerprint density at radius 3 is 2.40 bits per heavy atom. The fourth-order valence-corrected chi connectivity index (χ4v) is 2.15. The molecule has 0 amide bonds. The van der Waals surface area contributed by atoms with Crippen molar-refractivity contribution in [3.05, 3.63) is 65.7 Å². The van der Waals surface area contributed by atoms with Crippen LogP contribution in [0.15, 0.2) is 54.6 Å². The summed E-state index contributed by atoms with van der Waals surface area (Å²) in [5.74, 6) is 0. The van der Waals surface area contributed by atoms with Crippen molar-refractivity contribution in [2.75, 3.05) is 11.9 Å². The Bertz CT molecular complexity index is 528. The standard InChI is InChI=1S/C19H23N/c1-2-3-9-16-20-19-13-8-7-12-18(19)15-14-17-10-5-4-6-11-17/h4-8,10-15,20H,2-3,9,16H2,1H3. The quantitative estimate of drug-likeness (QED) is 0.518. The average molecular weight is 265 g/mol. The second-order valence-corrected chi connectivity index (χ2v) is 4.97. The van der Waals surface area contributed by atoms with Gasteiger partial charge in [-0.25, -0.2) is 0 Å². The SMILES string of the molecule is CCCCCNc1ccccc1C=Cc1ccccc1. The summed E-state index contributed by atoms with van der Waals surface area (Å²) in [6.45, 7) is 3.28. The van der Waals surface area contributed by atoms with Gasteiger partial charge in [0.15, 0.2) is 0 Å². The molecule has 0 radical (unpaired) electrons. The van der Waals surface area contributed by atoms with Gasteiger partial charge in [0.25, 0.3) is 0 Å². The minimum absolute atomic E-state index is 1.05. The van der Waals surface area contributed by atoms with Gasteiger partial charge in [-0.3, -0.25) is 0 Å². The molecular weight excluding hydrogens is 242 g/mol. The lowest BCUT2D eigenvalue weighted by Crippen LogP contribution is -2.02. The molecule has 0 unspecified atom stereocenters. The summed E-state index contributed by atoms with van der Waals surface area (Å²) in [5, 5.41) is 3.53. The molecular formula is C19H23N. The fourth-order valence-electron chi connectivity index (χ4n) is 2.15. The largest absolute Gasteiger partial charge is 0.385 e. The van der Waals surface area contributed by atoms with Gasteiger partial charge in [0.1, 0.15) is 0 Å². The Hall–Kier alpha value is -2.02. The fraction of sp³-hybridized carbons (Fsp3) is 0.263. The Balaban J connectivity index is 2.02. The number of nitrogens with one attached hydrogen (secondary N) is 1. The van der Waals surface area contributed by atoms with Gasteiger partial charge in [0.2, 0.25) is 0 Å². The van der Waals surface area contributed by atoms with E-state index in [0.29, 0.717) is 0 Å². The maximum Gasteiger partial charge on any atom is 0.0413 e. The Kier molecular flexibility index (Phi) is 5.91. The molecule has 0 bridgehead atoms. The lowest BCUT2D eigenvalue weighted by molar-refractivity contribution is 0.744. The normalized spacial score (nSPS) is 10.8. The number of benzene rings is 2. The van der Waals surface area contributed by atoms with Crippen LogP contribution < -0.4 is 5.32 Å². The first-order valence-corrected chi connectivity index (χ1v) is 7.46. The third kappa shape index (κ3) is 4.58. The number of rotatable bonds is 7. The molecule has 0 fully saturated rings. The zero-order valence-electron chi connectivity index (χ0n) is 12.2. The van der Waals surface area contributed by atoms with Gasteiger partial charge in [0, 0.05) is 12.2 Å². The van der Waals surface area contributed by atoms with Gasteiger partial charge in [-0.05, 0) is 23.6 Å². The van der Waals surface area contributed by atoms with Crippen LogP contribution in [0, 0.1) is 0 Å². The van der Waals surface area contributed by atoms with Crippen LogP contribution in [0.2, 0.25) is 0 Å². The van der Waals surface area contributed by atoms with Crippen LogP contribution in [0.1, 0.15) is 37.3 Å². The van der Waals surface area contributed by atoms with Gasteiger partial charge in [-0.2, -0.15) is 0 Å². The minimum Gasteiger partial charge on any atom is -0.385 e. The van der Waals surface area contributed by atoms with Crippen LogP contribution in [0.5, 0.6) is 0 Å². The van der Waals surface area contributed by atoms with E-state index in [1.807, 2.05) is 6.07 Å². The first-order chi connectivity index (χ1) is 9.90. The van der Waals surface area contributed by atoms with E-state index in [1.165, 1.54) is 36.1 Å². The maximum absolute atomic E-state index is 3.53. The Morgan fingerprint density at radius 2 is 1.60 bits per heavy atom. The summed E-state index contributed by atoms with van der Waals surface area (Å²) in [4.78, 5) is 0. The molecule has 0 aliphatic carbocycles. The van der Waals surface area contributed by atoms with Crippen molar-refractivity contribution in [2.45, 2.75) is 26.2 Å². The predicted molar refractivity (Wildman–Crippen MR) is 89.8 cm³/mol. The van der Waals surface area contributed by atoms with E-state index < -0.39 is 0 Å². The summed E-state index contributed by atoms with van der Waals surface area (Å²) < 4.78 is 0. The van der Waals surface area contributed by atoms with E-state index >= 15 is 0 Å². The third-order valence-electron chi connectivity index (χ3n) is 3.31. The second-order valence-electron chi connectivity index (χ2n) is 4.97.